The summed E-state index contributed by atoms with van der Waals surface area (Å²) in [5, 5.41) is 14.8. The number of sulfonamides is 1. The van der Waals surface area contributed by atoms with Crippen molar-refractivity contribution in [3.63, 3.8) is 0 Å². The van der Waals surface area contributed by atoms with Gasteiger partial charge in [-0.25, -0.2) is 8.42 Å². The van der Waals surface area contributed by atoms with Gasteiger partial charge in [0.25, 0.3) is 0 Å². The number of ether oxygens (including phenoxy) is 1. The van der Waals surface area contributed by atoms with Crippen LogP contribution in [0, 0.1) is 0 Å². The number of hydrogen-bond donors (Lipinski definition) is 3. The van der Waals surface area contributed by atoms with E-state index in [2.05, 4.69) is 30.8 Å². The molecule has 0 radical (unpaired) electrons. The normalized spacial score (nSPS) is 16.3. The fourth-order valence-corrected chi connectivity index (χ4v) is 4.70. The molecule has 0 fully saturated rings. The van der Waals surface area contributed by atoms with Crippen molar-refractivity contribution in [2.24, 2.45) is 0 Å². The third-order valence-corrected chi connectivity index (χ3v) is 6.37. The Labute approximate surface area is 205 Å². The van der Waals surface area contributed by atoms with E-state index in [9.17, 15) is 18.3 Å². The topological polar surface area (TPSA) is 108 Å². The Hall–Kier alpha value is -3.56. The summed E-state index contributed by atoms with van der Waals surface area (Å²) in [6.45, 7) is 6.25. The Bertz CT molecular complexity index is 1440. The number of carbonyl (C=O) groups excluding carboxylic acids is 1. The highest BCUT2D eigenvalue weighted by atomic mass is 32.2. The zero-order valence-electron chi connectivity index (χ0n) is 20.3. The fourth-order valence-electron chi connectivity index (χ4n) is 4.15. The van der Waals surface area contributed by atoms with Gasteiger partial charge >= 0.3 is 0 Å². The van der Waals surface area contributed by atoms with Crippen LogP contribution in [0.5, 0.6) is 5.75 Å². The van der Waals surface area contributed by atoms with Crippen molar-refractivity contribution in [1.82, 2.24) is 5.32 Å². The molecule has 8 nitrogen and oxygen atoms in total. The van der Waals surface area contributed by atoms with Gasteiger partial charge in [0.15, 0.2) is 0 Å². The molecule has 0 aromatic heterocycles. The van der Waals surface area contributed by atoms with E-state index in [-0.39, 0.29) is 11.3 Å². The Kier molecular flexibility index (Phi) is 6.25. The van der Waals surface area contributed by atoms with Crippen LogP contribution in [-0.2, 0) is 20.2 Å². The molecule has 0 saturated carbocycles. The number of nitrogens with one attached hydrogen (secondary N) is 2. The lowest BCUT2D eigenvalue weighted by Gasteiger charge is -2.32. The van der Waals surface area contributed by atoms with Crippen molar-refractivity contribution in [1.29, 1.82) is 0 Å². The minimum absolute atomic E-state index is 0.271. The van der Waals surface area contributed by atoms with Gasteiger partial charge in [0.2, 0.25) is 22.3 Å². The molecule has 0 bridgehead atoms. The number of benzene rings is 3. The molecule has 9 heteroatoms. The van der Waals surface area contributed by atoms with Crippen LogP contribution in [0.25, 0.3) is 21.9 Å². The number of hydrogen-bond acceptors (Lipinski definition) is 6. The summed E-state index contributed by atoms with van der Waals surface area (Å²) in [5.74, 6) is 0.355. The van der Waals surface area contributed by atoms with Crippen LogP contribution in [0.3, 0.4) is 0 Å². The molecular formula is C26H29N3O5S. The average Bonchev–Trinajstić information content (AvgIpc) is 2.76. The van der Waals surface area contributed by atoms with Crippen molar-refractivity contribution < 1.29 is 23.1 Å². The zero-order chi connectivity index (χ0) is 25.5. The molecule has 1 atom stereocenters. The molecule has 1 amide bonds. The van der Waals surface area contributed by atoms with Crippen LogP contribution < -0.4 is 19.7 Å². The van der Waals surface area contributed by atoms with Gasteiger partial charge in [0.1, 0.15) is 5.75 Å². The Morgan fingerprint density at radius 2 is 1.74 bits per heavy atom. The second-order valence-electron chi connectivity index (χ2n) is 9.58. The van der Waals surface area contributed by atoms with Gasteiger partial charge in [0.05, 0.1) is 13.4 Å². The predicted molar refractivity (Wildman–Crippen MR) is 139 cm³/mol. The molecule has 0 aliphatic carbocycles. The number of aliphatic hydroxyl groups is 1. The summed E-state index contributed by atoms with van der Waals surface area (Å²) in [6.07, 6.45) is 2.84. The van der Waals surface area contributed by atoms with Gasteiger partial charge in [0, 0.05) is 34.8 Å². The number of fused-ring (bicyclic) bond motifs is 1. The van der Waals surface area contributed by atoms with Crippen molar-refractivity contribution in [3.05, 3.63) is 66.4 Å². The Balaban J connectivity index is 1.88. The van der Waals surface area contributed by atoms with Gasteiger partial charge in [-0.3, -0.25) is 9.52 Å². The summed E-state index contributed by atoms with van der Waals surface area (Å²) in [6, 6.07) is 15.1. The predicted octanol–water partition coefficient (Wildman–Crippen LogP) is 3.91. The van der Waals surface area contributed by atoms with Crippen LogP contribution in [0.15, 0.2) is 60.8 Å². The lowest BCUT2D eigenvalue weighted by atomic mass is 9.83. The lowest BCUT2D eigenvalue weighted by Crippen LogP contribution is -2.48. The molecule has 3 aromatic carbocycles. The Morgan fingerprint density at radius 3 is 2.37 bits per heavy atom. The minimum atomic E-state index is -3.37. The van der Waals surface area contributed by atoms with Crippen LogP contribution in [0.2, 0.25) is 0 Å². The molecular weight excluding hydrogens is 466 g/mol. The largest absolute Gasteiger partial charge is 0.496 e. The summed E-state index contributed by atoms with van der Waals surface area (Å²) in [4.78, 5) is 13.2. The summed E-state index contributed by atoms with van der Waals surface area (Å²) in [5.41, 5.74) is 3.58. The molecule has 184 valence electrons. The van der Waals surface area contributed by atoms with Crippen LogP contribution in [-0.4, -0.2) is 39.1 Å². The van der Waals surface area contributed by atoms with Gasteiger partial charge in [-0.2, -0.15) is 0 Å². The number of rotatable bonds is 5. The van der Waals surface area contributed by atoms with Gasteiger partial charge in [-0.05, 0) is 52.1 Å². The molecule has 0 saturated heterocycles. The molecule has 1 heterocycles. The van der Waals surface area contributed by atoms with Crippen LogP contribution in [0.1, 0.15) is 26.3 Å². The third kappa shape index (κ3) is 5.26. The standard InChI is InChI=1S/C26H29N3O5S/c1-26(2,3)22-15-20(29-11-10-23(30)27-25(29)31)14-21(24(22)34-4)18-7-6-17-13-19(28-35(5,32)33)9-8-16(17)12-18/h6-15,25,28,31H,1-5H3,(H,27,30). The maximum atomic E-state index is 11.6. The molecule has 35 heavy (non-hydrogen) atoms. The zero-order valence-corrected chi connectivity index (χ0v) is 21.1. The molecule has 1 aliphatic rings. The average molecular weight is 496 g/mol. The second-order valence-corrected chi connectivity index (χ2v) is 11.3. The quantitative estimate of drug-likeness (QED) is 0.495. The van der Waals surface area contributed by atoms with E-state index in [1.165, 1.54) is 6.08 Å². The van der Waals surface area contributed by atoms with E-state index in [4.69, 9.17) is 4.74 Å². The SMILES string of the molecule is COc1c(-c2ccc3cc(NS(C)(=O)=O)ccc3c2)cc(N2C=CC(=O)NC2O)cc1C(C)(C)C. The molecule has 1 aliphatic heterocycles. The van der Waals surface area contributed by atoms with Gasteiger partial charge in [-0.1, -0.05) is 39.0 Å². The lowest BCUT2D eigenvalue weighted by molar-refractivity contribution is -0.119. The number of aliphatic hydroxyl groups excluding tert-OH is 1. The first-order valence-corrected chi connectivity index (χ1v) is 12.9. The molecule has 3 aromatic rings. The number of amides is 1. The first kappa shape index (κ1) is 24.6. The van der Waals surface area contributed by atoms with E-state index in [1.807, 2.05) is 36.4 Å². The monoisotopic (exact) mass is 495 g/mol. The fraction of sp³-hybridized carbons (Fsp3) is 0.269. The number of methoxy groups -OCH3 is 1. The minimum Gasteiger partial charge on any atom is -0.496 e. The number of anilines is 2. The van der Waals surface area contributed by atoms with Crippen molar-refractivity contribution in [2.45, 2.75) is 32.5 Å². The van der Waals surface area contributed by atoms with Gasteiger partial charge < -0.3 is 20.1 Å². The molecule has 1 unspecified atom stereocenters. The van der Waals surface area contributed by atoms with Crippen molar-refractivity contribution in [2.75, 3.05) is 23.0 Å². The van der Waals surface area contributed by atoms with Crippen LogP contribution >= 0.6 is 0 Å². The van der Waals surface area contributed by atoms with E-state index >= 15 is 0 Å². The van der Waals surface area contributed by atoms with Crippen LogP contribution in [0.4, 0.5) is 11.4 Å². The maximum absolute atomic E-state index is 11.6. The van der Waals surface area contributed by atoms with E-state index in [1.54, 1.807) is 30.3 Å². The third-order valence-electron chi connectivity index (χ3n) is 5.76. The summed E-state index contributed by atoms with van der Waals surface area (Å²) >= 11 is 0. The first-order valence-electron chi connectivity index (χ1n) is 11.1. The molecule has 3 N–H and O–H groups in total. The first-order chi connectivity index (χ1) is 16.4. The maximum Gasteiger partial charge on any atom is 0.248 e. The highest BCUT2D eigenvalue weighted by Gasteiger charge is 2.27. The summed E-state index contributed by atoms with van der Waals surface area (Å²) < 4.78 is 31.6. The molecule has 0 spiro atoms. The Morgan fingerprint density at radius 1 is 1.06 bits per heavy atom. The van der Waals surface area contributed by atoms with Crippen molar-refractivity contribution >= 4 is 38.1 Å². The van der Waals surface area contributed by atoms with Gasteiger partial charge in [-0.15, -0.1) is 0 Å². The highest BCUT2D eigenvalue weighted by molar-refractivity contribution is 7.92. The molecule has 4 rings (SSSR count). The summed E-state index contributed by atoms with van der Waals surface area (Å²) in [7, 11) is -1.74. The van der Waals surface area contributed by atoms with E-state index in [0.29, 0.717) is 11.4 Å². The highest BCUT2D eigenvalue weighted by Crippen LogP contribution is 2.43. The smallest absolute Gasteiger partial charge is 0.248 e. The second kappa shape index (κ2) is 8.90. The number of carbonyl (C=O) groups is 1. The number of nitrogens with zero attached hydrogens (tertiary/aromatic N) is 1. The van der Waals surface area contributed by atoms with E-state index in [0.717, 1.165) is 39.5 Å². The van der Waals surface area contributed by atoms with Crippen molar-refractivity contribution in [3.8, 4) is 16.9 Å². The van der Waals surface area contributed by atoms with E-state index < -0.39 is 16.4 Å².